The zero-order valence-electron chi connectivity index (χ0n) is 28.2. The van der Waals surface area contributed by atoms with Crippen molar-refractivity contribution < 1.29 is 30.0 Å². The normalized spacial score (nSPS) is 11.4. The number of carbonyl (C=O) groups is 1. The molecule has 0 aliphatic rings. The maximum atomic E-state index is 10.0. The summed E-state index contributed by atoms with van der Waals surface area (Å²) in [6.45, 7) is 2.85. The predicted octanol–water partition coefficient (Wildman–Crippen LogP) is 9.63. The number of carbonyl (C=O) groups excluding carboxylic acids is 1. The number of ketones is 1. The number of aliphatic hydroxyl groups excluding tert-OH is 1. The summed E-state index contributed by atoms with van der Waals surface area (Å²) in [4.78, 5) is 10.0. The van der Waals surface area contributed by atoms with Crippen molar-refractivity contribution in [1.29, 1.82) is 0 Å². The number of fused-ring (bicyclic) bond motifs is 6. The van der Waals surface area contributed by atoms with Crippen molar-refractivity contribution in [3.63, 3.8) is 0 Å². The molecule has 0 aliphatic carbocycles. The van der Waals surface area contributed by atoms with E-state index >= 15 is 0 Å². The van der Waals surface area contributed by atoms with E-state index in [1.54, 1.807) is 0 Å². The molecule has 52 heavy (non-hydrogen) atoms. The van der Waals surface area contributed by atoms with Gasteiger partial charge < -0.3 is 14.2 Å². The van der Waals surface area contributed by atoms with Crippen LogP contribution in [0.2, 0.25) is 0 Å². The second-order valence-corrected chi connectivity index (χ2v) is 12.2. The molecule has 255 valence electrons. The Balaban J connectivity index is 0.000000481. The Morgan fingerprint density at radius 1 is 0.558 bits per heavy atom. The molecule has 0 atom stereocenters. The van der Waals surface area contributed by atoms with Crippen LogP contribution >= 0.6 is 0 Å². The molecule has 9 aromatic rings. The summed E-state index contributed by atoms with van der Waals surface area (Å²) < 4.78 is 4.54. The van der Waals surface area contributed by atoms with Crippen LogP contribution in [0.5, 0.6) is 0 Å². The van der Waals surface area contributed by atoms with Crippen molar-refractivity contribution in [2.24, 2.45) is 0 Å². The van der Waals surface area contributed by atoms with Gasteiger partial charge in [-0.2, -0.15) is 10.2 Å². The van der Waals surface area contributed by atoms with E-state index in [-0.39, 0.29) is 31.6 Å². The van der Waals surface area contributed by atoms with Gasteiger partial charge in [-0.3, -0.25) is 4.79 Å². The molecule has 9 rings (SSSR count). The predicted molar refractivity (Wildman–Crippen MR) is 203 cm³/mol. The van der Waals surface area contributed by atoms with Gasteiger partial charge in [0.05, 0.1) is 16.8 Å². The summed E-state index contributed by atoms with van der Waals surface area (Å²) in [5, 5.41) is 30.9. The molecular weight excluding hydrogens is 825 g/mol. The average Bonchev–Trinajstić information content (AvgIpc) is 3.68. The van der Waals surface area contributed by atoms with Gasteiger partial charge in [-0.05, 0) is 68.1 Å². The Morgan fingerprint density at radius 2 is 0.962 bits per heavy atom. The van der Waals surface area contributed by atoms with E-state index in [1.165, 1.54) is 52.5 Å². The minimum absolute atomic E-state index is 0. The topological polar surface area (TPSA) is 98.7 Å². The van der Waals surface area contributed by atoms with E-state index in [4.69, 9.17) is 5.11 Å². The molecule has 3 aromatic heterocycles. The summed E-state index contributed by atoms with van der Waals surface area (Å²) in [6.07, 6.45) is 1.17. The van der Waals surface area contributed by atoms with E-state index in [0.29, 0.717) is 11.6 Å². The van der Waals surface area contributed by atoms with Crippen molar-refractivity contribution in [3.8, 4) is 34.2 Å². The van der Waals surface area contributed by atoms with Crippen molar-refractivity contribution in [2.75, 3.05) is 0 Å². The Labute approximate surface area is 313 Å². The number of hydrogen-bond acceptors (Lipinski definition) is 6. The number of allylic oxidation sites excluding steroid dienone is 2. The van der Waals surface area contributed by atoms with Crippen LogP contribution in [0.15, 0.2) is 151 Å². The quantitative estimate of drug-likeness (QED) is 0.105. The van der Waals surface area contributed by atoms with Crippen LogP contribution in [0, 0.1) is 6.07 Å². The van der Waals surface area contributed by atoms with E-state index in [2.05, 4.69) is 151 Å². The van der Waals surface area contributed by atoms with Crippen LogP contribution in [0.1, 0.15) is 13.8 Å². The molecule has 3 heterocycles. The third-order valence-corrected chi connectivity index (χ3v) is 8.73. The molecule has 0 aliphatic heterocycles. The number of hydrogen-bond donors (Lipinski definition) is 1. The molecule has 0 spiro atoms. The fourth-order valence-electron chi connectivity index (χ4n) is 6.60. The van der Waals surface area contributed by atoms with Crippen LogP contribution in [-0.4, -0.2) is 40.4 Å². The average molecular weight is 856 g/mol. The monoisotopic (exact) mass is 856 g/mol. The maximum absolute atomic E-state index is 10.0. The zero-order chi connectivity index (χ0) is 34.9. The number of aromatic nitrogens is 6. The zero-order valence-corrected chi connectivity index (χ0v) is 30.6. The third kappa shape index (κ3) is 6.39. The number of para-hydroxylation sites is 4. The van der Waals surface area contributed by atoms with Crippen LogP contribution in [0.4, 0.5) is 0 Å². The van der Waals surface area contributed by atoms with Gasteiger partial charge >= 0.3 is 0 Å². The minimum Gasteiger partial charge on any atom is -0.512 e. The molecule has 9 heteroatoms. The number of benzene rings is 6. The van der Waals surface area contributed by atoms with Crippen LogP contribution in [0.3, 0.4) is 0 Å². The van der Waals surface area contributed by atoms with E-state index in [0.717, 1.165) is 33.5 Å². The first-order valence-electron chi connectivity index (χ1n) is 16.5. The SMILES string of the molecule is CC(=O)/C=C(/C)O.[Ir].[c-]1cc(-n2c3ccccc3c3ccccc32)ccc1-c1nnc(-c2ccc(-n3c4ccccc4c4ccccc43)cc2)nn1. The first-order valence-corrected chi connectivity index (χ1v) is 16.5. The Morgan fingerprint density at radius 3 is 1.35 bits per heavy atom. The van der Waals surface area contributed by atoms with Gasteiger partial charge in [0.2, 0.25) is 5.82 Å². The maximum Gasteiger partial charge on any atom is 0.201 e. The van der Waals surface area contributed by atoms with E-state index in [9.17, 15) is 4.79 Å². The first kappa shape index (κ1) is 34.2. The van der Waals surface area contributed by atoms with Crippen LogP contribution in [-0.2, 0) is 24.9 Å². The first-order chi connectivity index (χ1) is 25.0. The number of nitrogens with zero attached hydrogens (tertiary/aromatic N) is 6. The van der Waals surface area contributed by atoms with Gasteiger partial charge in [0, 0.05) is 70.0 Å². The Hall–Kier alpha value is -6.28. The van der Waals surface area contributed by atoms with Gasteiger partial charge in [0.1, 0.15) is 5.82 Å². The molecule has 1 radical (unpaired) electrons. The van der Waals surface area contributed by atoms with Gasteiger partial charge in [0.15, 0.2) is 5.78 Å². The summed E-state index contributed by atoms with van der Waals surface area (Å²) >= 11 is 0. The van der Waals surface area contributed by atoms with E-state index in [1.807, 2.05) is 24.3 Å². The Bertz CT molecular complexity index is 2450. The largest absolute Gasteiger partial charge is 0.512 e. The standard InChI is InChI=1S/C38H23N6.C5H8O2.Ir/c1-5-13-33-29(9-1)30-10-2-6-14-34(30)43(33)27-21-17-25(18-22-27)37-39-41-38(42-40-37)26-19-23-28(24-20-26)44-35-15-7-3-11-31(35)32-12-4-8-16-36(32)44;1-4(6)3-5(2)7;/h1-19,21-24H;3,6H,1-2H3;/q-1;;/b;4-3-;. The van der Waals surface area contributed by atoms with Crippen LogP contribution in [0.25, 0.3) is 77.8 Å². The molecule has 6 aromatic carbocycles. The Kier molecular flexibility index (Phi) is 9.55. The molecule has 0 bridgehead atoms. The molecule has 1 N–H and O–H groups in total. The number of rotatable bonds is 5. The smallest absolute Gasteiger partial charge is 0.201 e. The summed E-state index contributed by atoms with van der Waals surface area (Å²) in [6, 6.07) is 51.5. The van der Waals surface area contributed by atoms with Crippen molar-refractivity contribution >= 4 is 49.4 Å². The summed E-state index contributed by atoms with van der Waals surface area (Å²) in [5.41, 5.74) is 8.34. The van der Waals surface area contributed by atoms with Gasteiger partial charge in [-0.25, -0.2) is 0 Å². The van der Waals surface area contributed by atoms with Crippen molar-refractivity contribution in [3.05, 3.63) is 157 Å². The third-order valence-electron chi connectivity index (χ3n) is 8.73. The second-order valence-electron chi connectivity index (χ2n) is 12.2. The second kappa shape index (κ2) is 14.5. The fourth-order valence-corrected chi connectivity index (χ4v) is 6.60. The summed E-state index contributed by atoms with van der Waals surface area (Å²) in [7, 11) is 0. The molecule has 8 nitrogen and oxygen atoms in total. The van der Waals surface area contributed by atoms with Crippen molar-refractivity contribution in [2.45, 2.75) is 13.8 Å². The molecule has 0 fully saturated rings. The van der Waals surface area contributed by atoms with Crippen molar-refractivity contribution in [1.82, 2.24) is 29.5 Å². The molecule has 0 unspecified atom stereocenters. The van der Waals surface area contributed by atoms with Gasteiger partial charge in [-0.1, -0.05) is 72.8 Å². The minimum atomic E-state index is -0.125. The number of aliphatic hydroxyl groups is 1. The molecule has 0 saturated heterocycles. The summed E-state index contributed by atoms with van der Waals surface area (Å²) in [5.74, 6) is 0.848. The van der Waals surface area contributed by atoms with Gasteiger partial charge in [-0.15, -0.1) is 40.0 Å². The fraction of sp³-hybridized carbons (Fsp3) is 0.0465. The van der Waals surface area contributed by atoms with E-state index < -0.39 is 0 Å². The van der Waals surface area contributed by atoms with Crippen LogP contribution < -0.4 is 0 Å². The van der Waals surface area contributed by atoms with Gasteiger partial charge in [0.25, 0.3) is 0 Å². The molecule has 0 saturated carbocycles. The molecular formula is C43H31IrN6O2-. The molecule has 0 amide bonds.